The molecule has 4 nitrogen and oxygen atoms in total. The molecule has 0 spiro atoms. The third-order valence-corrected chi connectivity index (χ3v) is 10.7. The molecule has 3 aliphatic carbocycles. The first kappa shape index (κ1) is 29.1. The molecule has 0 N–H and O–H groups in total. The lowest BCUT2D eigenvalue weighted by molar-refractivity contribution is 0.647. The lowest BCUT2D eigenvalue weighted by Gasteiger charge is -2.35. The molecule has 2 heterocycles. The van der Waals surface area contributed by atoms with Crippen molar-refractivity contribution in [3.05, 3.63) is 179 Å². The van der Waals surface area contributed by atoms with Crippen molar-refractivity contribution in [3.8, 4) is 23.3 Å². The Kier molecular flexibility index (Phi) is 6.85. The molecule has 0 aromatic heterocycles. The number of nitriles is 2. The Labute approximate surface area is 287 Å². The van der Waals surface area contributed by atoms with Gasteiger partial charge in [-0.05, 0) is 83.1 Å². The van der Waals surface area contributed by atoms with Crippen molar-refractivity contribution in [2.45, 2.75) is 37.3 Å². The van der Waals surface area contributed by atoms with Crippen molar-refractivity contribution in [2.24, 2.45) is 5.92 Å². The number of rotatable bonds is 4. The van der Waals surface area contributed by atoms with Gasteiger partial charge in [0.1, 0.15) is 0 Å². The summed E-state index contributed by atoms with van der Waals surface area (Å²) in [6.45, 7) is 2.27. The average molecular weight is 631 g/mol. The van der Waals surface area contributed by atoms with Crippen molar-refractivity contribution in [2.75, 3.05) is 9.80 Å². The molecule has 0 saturated carbocycles. The second-order valence-corrected chi connectivity index (χ2v) is 13.6. The van der Waals surface area contributed by atoms with Gasteiger partial charge in [-0.2, -0.15) is 10.5 Å². The van der Waals surface area contributed by atoms with E-state index in [1.165, 1.54) is 33.8 Å². The zero-order chi connectivity index (χ0) is 33.1. The molecule has 9 rings (SSSR count). The van der Waals surface area contributed by atoms with E-state index >= 15 is 0 Å². The molecular formula is C45H34N4. The summed E-state index contributed by atoms with van der Waals surface area (Å²) in [7, 11) is 0. The van der Waals surface area contributed by atoms with Gasteiger partial charge >= 0.3 is 0 Å². The molecule has 2 aliphatic heterocycles. The Morgan fingerprint density at radius 3 is 2.18 bits per heavy atom. The van der Waals surface area contributed by atoms with Crippen LogP contribution in [-0.2, 0) is 0 Å². The summed E-state index contributed by atoms with van der Waals surface area (Å²) >= 11 is 0. The average Bonchev–Trinajstić information content (AvgIpc) is 3.67. The van der Waals surface area contributed by atoms with Crippen LogP contribution in [0, 0.1) is 28.6 Å². The molecule has 4 aromatic rings. The molecule has 0 amide bonds. The van der Waals surface area contributed by atoms with Crippen LogP contribution in [0.2, 0.25) is 0 Å². The van der Waals surface area contributed by atoms with E-state index in [2.05, 4.69) is 162 Å². The largest absolute Gasteiger partial charge is 0.336 e. The topological polar surface area (TPSA) is 54.1 Å². The van der Waals surface area contributed by atoms with Gasteiger partial charge in [-0.1, -0.05) is 104 Å². The first-order chi connectivity index (χ1) is 24.1. The summed E-state index contributed by atoms with van der Waals surface area (Å²) < 4.78 is 0. The molecule has 0 bridgehead atoms. The van der Waals surface area contributed by atoms with E-state index in [4.69, 9.17) is 0 Å². The van der Waals surface area contributed by atoms with Gasteiger partial charge in [0.2, 0.25) is 0 Å². The number of anilines is 3. The van der Waals surface area contributed by atoms with Crippen LogP contribution >= 0.6 is 0 Å². The van der Waals surface area contributed by atoms with E-state index < -0.39 is 0 Å². The van der Waals surface area contributed by atoms with Crippen LogP contribution < -0.4 is 9.80 Å². The van der Waals surface area contributed by atoms with Gasteiger partial charge in [0.25, 0.3) is 0 Å². The Morgan fingerprint density at radius 2 is 1.37 bits per heavy atom. The first-order valence-corrected chi connectivity index (χ1v) is 17.1. The highest BCUT2D eigenvalue weighted by Gasteiger charge is 2.40. The maximum absolute atomic E-state index is 10.3. The van der Waals surface area contributed by atoms with E-state index in [9.17, 15) is 10.5 Å². The molecule has 5 unspecified atom stereocenters. The van der Waals surface area contributed by atoms with Gasteiger partial charge in [-0.15, -0.1) is 0 Å². The Bertz CT molecular complexity index is 2300. The molecule has 5 atom stereocenters. The summed E-state index contributed by atoms with van der Waals surface area (Å²) in [6, 6.07) is 34.9. The standard InChI is InChI=1S/C45H34N4/c1-29-17-21-35(45(23-29)49-43-16-7-4-13-38(43)40-24-30(27-46)18-22-44(40)49)31-9-8-10-32(25-31)39-26-34(20-19-33(39)28-47)48-41-14-5-2-11-36(41)37-12-3-6-15-42(37)48/h2-22,24-26,29,36,38,41,43H,23H2,1H3. The highest BCUT2D eigenvalue weighted by atomic mass is 15.2. The SMILES string of the molecule is CC1C=CC(c2cccc(-c3cc(N4c5ccccc5C5C=CC=CC54)ccc3C#N)c2)=C(N2c3ccc(C#N)cc3C3C=CC=CC32)C1. The predicted octanol–water partition coefficient (Wildman–Crippen LogP) is 10.2. The molecule has 4 heteroatoms. The minimum Gasteiger partial charge on any atom is -0.336 e. The van der Waals surface area contributed by atoms with Gasteiger partial charge in [0.05, 0.1) is 35.3 Å². The number of benzene rings is 4. The highest BCUT2D eigenvalue weighted by molar-refractivity contribution is 5.87. The van der Waals surface area contributed by atoms with Crippen LogP contribution in [0.5, 0.6) is 0 Å². The quantitative estimate of drug-likeness (QED) is 0.225. The van der Waals surface area contributed by atoms with Gasteiger partial charge in [0, 0.05) is 45.7 Å². The smallest absolute Gasteiger partial charge is 0.0998 e. The second kappa shape index (κ2) is 11.6. The summed E-state index contributed by atoms with van der Waals surface area (Å²) in [4.78, 5) is 4.93. The lowest BCUT2D eigenvalue weighted by Crippen LogP contribution is -2.34. The number of hydrogen-bond donors (Lipinski definition) is 0. The van der Waals surface area contributed by atoms with Gasteiger partial charge in [0.15, 0.2) is 0 Å². The normalized spacial score (nSPS) is 23.9. The van der Waals surface area contributed by atoms with E-state index in [1.807, 2.05) is 12.1 Å². The summed E-state index contributed by atoms with van der Waals surface area (Å²) in [5.74, 6) is 0.884. The molecule has 234 valence electrons. The number of allylic oxidation sites excluding steroid dienone is 8. The summed E-state index contributed by atoms with van der Waals surface area (Å²) in [6.07, 6.45) is 23.2. The zero-order valence-corrected chi connectivity index (χ0v) is 27.2. The second-order valence-electron chi connectivity index (χ2n) is 13.6. The van der Waals surface area contributed by atoms with E-state index in [0.717, 1.165) is 28.8 Å². The fourth-order valence-corrected chi connectivity index (χ4v) is 8.52. The summed E-state index contributed by atoms with van der Waals surface area (Å²) in [5, 5.41) is 20.0. The third-order valence-electron chi connectivity index (χ3n) is 10.7. The van der Waals surface area contributed by atoms with Crippen LogP contribution in [0.4, 0.5) is 17.1 Å². The Hall–Kier alpha value is -6.10. The minimum atomic E-state index is 0.151. The molecule has 0 fully saturated rings. The molecule has 5 aliphatic rings. The highest BCUT2D eigenvalue weighted by Crippen LogP contribution is 2.50. The maximum Gasteiger partial charge on any atom is 0.0998 e. The van der Waals surface area contributed by atoms with Gasteiger partial charge < -0.3 is 9.80 Å². The molecule has 0 radical (unpaired) electrons. The maximum atomic E-state index is 10.3. The van der Waals surface area contributed by atoms with E-state index in [-0.39, 0.29) is 18.0 Å². The Balaban J connectivity index is 1.16. The molecule has 49 heavy (non-hydrogen) atoms. The number of nitrogens with zero attached hydrogens (tertiary/aromatic N) is 4. The molecular weight excluding hydrogens is 597 g/mol. The first-order valence-electron chi connectivity index (χ1n) is 17.1. The summed E-state index contributed by atoms with van der Waals surface area (Å²) in [5.41, 5.74) is 12.9. The van der Waals surface area contributed by atoms with Crippen molar-refractivity contribution in [3.63, 3.8) is 0 Å². The fraction of sp³-hybridized carbons (Fsp3) is 0.156. The van der Waals surface area contributed by atoms with Crippen molar-refractivity contribution in [1.82, 2.24) is 0 Å². The van der Waals surface area contributed by atoms with Crippen LogP contribution in [0.15, 0.2) is 151 Å². The molecule has 0 saturated heterocycles. The van der Waals surface area contributed by atoms with Gasteiger partial charge in [-0.25, -0.2) is 0 Å². The van der Waals surface area contributed by atoms with Crippen LogP contribution in [0.25, 0.3) is 16.7 Å². The minimum absolute atomic E-state index is 0.151. The Morgan fingerprint density at radius 1 is 0.633 bits per heavy atom. The lowest BCUT2D eigenvalue weighted by atomic mass is 9.87. The molecule has 4 aromatic carbocycles. The van der Waals surface area contributed by atoms with Crippen molar-refractivity contribution in [1.29, 1.82) is 10.5 Å². The van der Waals surface area contributed by atoms with Crippen LogP contribution in [0.3, 0.4) is 0 Å². The van der Waals surface area contributed by atoms with Crippen LogP contribution in [-0.4, -0.2) is 12.1 Å². The monoisotopic (exact) mass is 630 g/mol. The number of hydrogen-bond acceptors (Lipinski definition) is 4. The van der Waals surface area contributed by atoms with Gasteiger partial charge in [-0.3, -0.25) is 0 Å². The number of para-hydroxylation sites is 1. The van der Waals surface area contributed by atoms with Crippen LogP contribution in [0.1, 0.15) is 53.0 Å². The van der Waals surface area contributed by atoms with Crippen molar-refractivity contribution >= 4 is 22.6 Å². The zero-order valence-electron chi connectivity index (χ0n) is 27.2. The van der Waals surface area contributed by atoms with E-state index in [0.29, 0.717) is 23.0 Å². The van der Waals surface area contributed by atoms with Crippen molar-refractivity contribution < 1.29 is 0 Å². The van der Waals surface area contributed by atoms with E-state index in [1.54, 1.807) is 0 Å². The third kappa shape index (κ3) is 4.64. The predicted molar refractivity (Wildman–Crippen MR) is 198 cm³/mol. The fourth-order valence-electron chi connectivity index (χ4n) is 8.52. The number of fused-ring (bicyclic) bond motifs is 6.